The van der Waals surface area contributed by atoms with Gasteiger partial charge in [0.2, 0.25) is 0 Å². The van der Waals surface area contributed by atoms with Crippen molar-refractivity contribution in [2.24, 2.45) is 0 Å². The van der Waals surface area contributed by atoms with Gasteiger partial charge in [0.1, 0.15) is 11.4 Å². The minimum absolute atomic E-state index is 0.0910. The lowest BCUT2D eigenvalue weighted by Crippen LogP contribution is -2.25. The van der Waals surface area contributed by atoms with Crippen LogP contribution in [0.15, 0.2) is 18.2 Å². The number of benzene rings is 1. The zero-order chi connectivity index (χ0) is 20.1. The number of nitrogens with zero attached hydrogens (tertiary/aromatic N) is 3. The quantitative estimate of drug-likeness (QED) is 0.283. The summed E-state index contributed by atoms with van der Waals surface area (Å²) in [5, 5.41) is 14.5. The van der Waals surface area contributed by atoms with Gasteiger partial charge in [0.25, 0.3) is 5.69 Å². The maximum Gasteiger partial charge on any atom is 0.292 e. The lowest BCUT2D eigenvalue weighted by Gasteiger charge is -2.18. The van der Waals surface area contributed by atoms with Gasteiger partial charge < -0.3 is 19.9 Å². The van der Waals surface area contributed by atoms with E-state index in [0.29, 0.717) is 24.6 Å². The summed E-state index contributed by atoms with van der Waals surface area (Å²) in [4.78, 5) is 15.6. The van der Waals surface area contributed by atoms with E-state index >= 15 is 0 Å². The van der Waals surface area contributed by atoms with E-state index in [1.54, 1.807) is 12.1 Å². The Morgan fingerprint density at radius 1 is 1.00 bits per heavy atom. The van der Waals surface area contributed by atoms with Crippen LogP contribution in [-0.2, 0) is 0 Å². The fraction of sp³-hybridized carbons (Fsp3) is 0.700. The zero-order valence-corrected chi connectivity index (χ0v) is 17.4. The Bertz CT molecular complexity index is 546. The fourth-order valence-electron chi connectivity index (χ4n) is 2.99. The summed E-state index contributed by atoms with van der Waals surface area (Å²) in [6.45, 7) is 16.0. The fourth-order valence-corrected chi connectivity index (χ4v) is 2.99. The lowest BCUT2D eigenvalue weighted by atomic mass is 10.2. The molecule has 0 saturated heterocycles. The van der Waals surface area contributed by atoms with Gasteiger partial charge in [-0.1, -0.05) is 27.7 Å². The van der Waals surface area contributed by atoms with Crippen molar-refractivity contribution in [2.45, 2.75) is 40.5 Å². The maximum atomic E-state index is 11.3. The standard InChI is InChI=1S/C20H36N4O3/c1-5-22(6-2)14-9-13-21-19-17-18(11-12-20(19)24(25)26)27-16-10-15-23(7-3)8-4/h11-12,17,21H,5-10,13-16H2,1-4H3. The Hall–Kier alpha value is -1.86. The highest BCUT2D eigenvalue weighted by Gasteiger charge is 2.14. The molecule has 0 aliphatic carbocycles. The van der Waals surface area contributed by atoms with Crippen LogP contribution in [0.1, 0.15) is 40.5 Å². The van der Waals surface area contributed by atoms with Crippen LogP contribution in [0.25, 0.3) is 0 Å². The average molecular weight is 381 g/mol. The first-order valence-electron chi connectivity index (χ1n) is 10.1. The Kier molecular flexibility index (Phi) is 11.4. The molecule has 0 fully saturated rings. The van der Waals surface area contributed by atoms with Gasteiger partial charge in [0.15, 0.2) is 0 Å². The number of rotatable bonds is 15. The van der Waals surface area contributed by atoms with E-state index in [-0.39, 0.29) is 10.6 Å². The van der Waals surface area contributed by atoms with E-state index in [0.717, 1.165) is 52.1 Å². The van der Waals surface area contributed by atoms with Crippen LogP contribution in [0.2, 0.25) is 0 Å². The number of ether oxygens (including phenoxy) is 1. The highest BCUT2D eigenvalue weighted by Crippen LogP contribution is 2.29. The molecule has 0 aromatic heterocycles. The predicted octanol–water partition coefficient (Wildman–Crippen LogP) is 3.85. The summed E-state index contributed by atoms with van der Waals surface area (Å²) in [6.07, 6.45) is 1.87. The Balaban J connectivity index is 2.56. The molecule has 0 amide bonds. The summed E-state index contributed by atoms with van der Waals surface area (Å²) in [7, 11) is 0. The van der Waals surface area contributed by atoms with Crippen LogP contribution in [0.4, 0.5) is 11.4 Å². The van der Waals surface area contributed by atoms with Crippen LogP contribution in [0.5, 0.6) is 5.75 Å². The summed E-state index contributed by atoms with van der Waals surface area (Å²) in [5.74, 6) is 0.673. The molecule has 0 heterocycles. The first-order chi connectivity index (χ1) is 13.0. The average Bonchev–Trinajstić information content (AvgIpc) is 2.68. The Morgan fingerprint density at radius 3 is 2.15 bits per heavy atom. The van der Waals surface area contributed by atoms with E-state index < -0.39 is 0 Å². The van der Waals surface area contributed by atoms with Gasteiger partial charge in [0, 0.05) is 25.2 Å². The summed E-state index contributed by atoms with van der Waals surface area (Å²) in [6, 6.07) is 4.94. The first kappa shape index (κ1) is 23.2. The van der Waals surface area contributed by atoms with Gasteiger partial charge in [-0.25, -0.2) is 0 Å². The van der Waals surface area contributed by atoms with Gasteiger partial charge in [-0.2, -0.15) is 0 Å². The molecule has 0 saturated carbocycles. The SMILES string of the molecule is CCN(CC)CCCNc1cc(OCCCN(CC)CC)ccc1[N+](=O)[O-]. The summed E-state index contributed by atoms with van der Waals surface area (Å²) >= 11 is 0. The largest absolute Gasteiger partial charge is 0.493 e. The number of hydrogen-bond acceptors (Lipinski definition) is 6. The van der Waals surface area contributed by atoms with Crippen LogP contribution < -0.4 is 10.1 Å². The molecule has 7 heteroatoms. The second-order valence-corrected chi connectivity index (χ2v) is 6.47. The molecule has 1 aromatic carbocycles. The lowest BCUT2D eigenvalue weighted by molar-refractivity contribution is -0.384. The van der Waals surface area contributed by atoms with Gasteiger partial charge in [-0.3, -0.25) is 10.1 Å². The van der Waals surface area contributed by atoms with E-state index in [1.165, 1.54) is 6.07 Å². The topological polar surface area (TPSA) is 70.9 Å². The molecule has 0 bridgehead atoms. The summed E-state index contributed by atoms with van der Waals surface area (Å²) in [5.41, 5.74) is 0.620. The third-order valence-corrected chi connectivity index (χ3v) is 4.81. The number of nitro benzene ring substituents is 1. The van der Waals surface area contributed by atoms with Crippen molar-refractivity contribution in [3.63, 3.8) is 0 Å². The van der Waals surface area contributed by atoms with E-state index in [4.69, 9.17) is 4.74 Å². The normalized spacial score (nSPS) is 11.2. The first-order valence-corrected chi connectivity index (χ1v) is 10.1. The maximum absolute atomic E-state index is 11.3. The van der Waals surface area contributed by atoms with Crippen LogP contribution in [0.3, 0.4) is 0 Å². The molecule has 1 aromatic rings. The number of hydrogen-bond donors (Lipinski definition) is 1. The molecule has 0 atom stereocenters. The summed E-state index contributed by atoms with van der Waals surface area (Å²) < 4.78 is 5.80. The molecular weight excluding hydrogens is 344 g/mol. The number of nitro groups is 1. The van der Waals surface area contributed by atoms with Crippen molar-refractivity contribution >= 4 is 11.4 Å². The van der Waals surface area contributed by atoms with Crippen LogP contribution >= 0.6 is 0 Å². The molecule has 0 radical (unpaired) electrons. The predicted molar refractivity (Wildman–Crippen MR) is 112 cm³/mol. The Morgan fingerprint density at radius 2 is 1.59 bits per heavy atom. The van der Waals surface area contributed by atoms with Gasteiger partial charge >= 0.3 is 0 Å². The van der Waals surface area contributed by atoms with Crippen molar-refractivity contribution in [1.29, 1.82) is 0 Å². The molecule has 0 aliphatic heterocycles. The van der Waals surface area contributed by atoms with Crippen molar-refractivity contribution in [3.05, 3.63) is 28.3 Å². The molecule has 0 aliphatic rings. The van der Waals surface area contributed by atoms with Crippen molar-refractivity contribution in [1.82, 2.24) is 9.80 Å². The van der Waals surface area contributed by atoms with E-state index in [1.807, 2.05) is 0 Å². The van der Waals surface area contributed by atoms with Crippen LogP contribution in [0, 0.1) is 10.1 Å². The molecule has 1 N–H and O–H groups in total. The van der Waals surface area contributed by atoms with Gasteiger partial charge in [-0.05, 0) is 51.6 Å². The van der Waals surface area contributed by atoms with Gasteiger partial charge in [-0.15, -0.1) is 0 Å². The third kappa shape index (κ3) is 8.58. The molecule has 27 heavy (non-hydrogen) atoms. The highest BCUT2D eigenvalue weighted by atomic mass is 16.6. The second-order valence-electron chi connectivity index (χ2n) is 6.47. The monoisotopic (exact) mass is 380 g/mol. The zero-order valence-electron chi connectivity index (χ0n) is 17.4. The second kappa shape index (κ2) is 13.3. The van der Waals surface area contributed by atoms with Crippen LogP contribution in [-0.4, -0.2) is 67.1 Å². The minimum Gasteiger partial charge on any atom is -0.493 e. The molecule has 7 nitrogen and oxygen atoms in total. The molecule has 154 valence electrons. The third-order valence-electron chi connectivity index (χ3n) is 4.81. The van der Waals surface area contributed by atoms with Crippen molar-refractivity contribution in [3.8, 4) is 5.75 Å². The number of nitrogens with one attached hydrogen (secondary N) is 1. The minimum atomic E-state index is -0.350. The van der Waals surface area contributed by atoms with Crippen molar-refractivity contribution in [2.75, 3.05) is 57.7 Å². The highest BCUT2D eigenvalue weighted by molar-refractivity contribution is 5.64. The van der Waals surface area contributed by atoms with E-state index in [2.05, 4.69) is 42.8 Å². The Labute approximate surface area is 163 Å². The van der Waals surface area contributed by atoms with Crippen molar-refractivity contribution < 1.29 is 9.66 Å². The molecule has 0 spiro atoms. The smallest absolute Gasteiger partial charge is 0.292 e. The molecular formula is C20H36N4O3. The van der Waals surface area contributed by atoms with Gasteiger partial charge in [0.05, 0.1) is 11.5 Å². The molecule has 1 rings (SSSR count). The number of anilines is 1. The van der Waals surface area contributed by atoms with E-state index in [9.17, 15) is 10.1 Å². The molecule has 0 unspecified atom stereocenters.